The summed E-state index contributed by atoms with van der Waals surface area (Å²) in [5, 5.41) is 10.6. The van der Waals surface area contributed by atoms with Crippen molar-refractivity contribution in [3.05, 3.63) is 0 Å². The topological polar surface area (TPSA) is 23.5 Å². The molecule has 0 radical (unpaired) electrons. The molecular weight excluding hydrogens is 174 g/mol. The molecule has 2 aliphatic rings. The maximum absolute atomic E-state index is 10.6. The maximum atomic E-state index is 10.6. The van der Waals surface area contributed by atoms with Gasteiger partial charge in [-0.3, -0.25) is 4.90 Å². The predicted octanol–water partition coefficient (Wildman–Crippen LogP) is 2.17. The SMILES string of the molecule is CCC(N1CCCC1)C1(O)CCCC1. The van der Waals surface area contributed by atoms with E-state index in [0.29, 0.717) is 6.04 Å². The van der Waals surface area contributed by atoms with Gasteiger partial charge in [0.1, 0.15) is 0 Å². The normalized spacial score (nSPS) is 29.6. The van der Waals surface area contributed by atoms with Crippen molar-refractivity contribution >= 4 is 0 Å². The van der Waals surface area contributed by atoms with Crippen LogP contribution in [0.2, 0.25) is 0 Å². The smallest absolute Gasteiger partial charge is 0.0802 e. The molecule has 1 saturated carbocycles. The van der Waals surface area contributed by atoms with Gasteiger partial charge >= 0.3 is 0 Å². The van der Waals surface area contributed by atoms with Crippen LogP contribution < -0.4 is 0 Å². The zero-order valence-electron chi connectivity index (χ0n) is 9.34. The van der Waals surface area contributed by atoms with Crippen molar-refractivity contribution in [2.24, 2.45) is 0 Å². The average Bonchev–Trinajstić information content (AvgIpc) is 2.78. The monoisotopic (exact) mass is 197 g/mol. The second-order valence-corrected chi connectivity index (χ2v) is 4.98. The van der Waals surface area contributed by atoms with Crippen molar-refractivity contribution in [2.75, 3.05) is 13.1 Å². The highest BCUT2D eigenvalue weighted by molar-refractivity contribution is 4.96. The molecule has 2 rings (SSSR count). The van der Waals surface area contributed by atoms with Crippen LogP contribution in [0.15, 0.2) is 0 Å². The zero-order chi connectivity index (χ0) is 10.0. The van der Waals surface area contributed by atoms with Gasteiger partial charge in [-0.1, -0.05) is 19.8 Å². The highest BCUT2D eigenvalue weighted by Gasteiger charge is 2.41. The van der Waals surface area contributed by atoms with E-state index >= 15 is 0 Å². The Morgan fingerprint density at radius 1 is 1.14 bits per heavy atom. The van der Waals surface area contributed by atoms with Gasteiger partial charge in [0.25, 0.3) is 0 Å². The van der Waals surface area contributed by atoms with Gasteiger partial charge in [-0.05, 0) is 45.2 Å². The number of aliphatic hydroxyl groups is 1. The van der Waals surface area contributed by atoms with Crippen molar-refractivity contribution in [2.45, 2.75) is 63.5 Å². The molecule has 1 unspecified atom stereocenters. The standard InChI is InChI=1S/C12H23NO/c1-2-11(13-9-5-6-10-13)12(14)7-3-4-8-12/h11,14H,2-10H2,1H3. The predicted molar refractivity (Wildman–Crippen MR) is 58.3 cm³/mol. The Labute approximate surface area is 87.3 Å². The highest BCUT2D eigenvalue weighted by atomic mass is 16.3. The molecule has 0 amide bonds. The minimum Gasteiger partial charge on any atom is -0.388 e. The van der Waals surface area contributed by atoms with Crippen LogP contribution in [0.25, 0.3) is 0 Å². The number of hydrogen-bond acceptors (Lipinski definition) is 2. The van der Waals surface area contributed by atoms with Crippen molar-refractivity contribution in [1.82, 2.24) is 4.90 Å². The van der Waals surface area contributed by atoms with E-state index in [0.717, 1.165) is 19.3 Å². The van der Waals surface area contributed by atoms with Gasteiger partial charge in [0.05, 0.1) is 5.60 Å². The van der Waals surface area contributed by atoms with Crippen LogP contribution >= 0.6 is 0 Å². The summed E-state index contributed by atoms with van der Waals surface area (Å²) in [6, 6.07) is 0.437. The molecule has 0 spiro atoms. The molecule has 0 aromatic carbocycles. The lowest BCUT2D eigenvalue weighted by Gasteiger charge is -2.38. The molecule has 2 nitrogen and oxygen atoms in total. The van der Waals surface area contributed by atoms with E-state index in [-0.39, 0.29) is 5.60 Å². The van der Waals surface area contributed by atoms with E-state index < -0.39 is 0 Å². The largest absolute Gasteiger partial charge is 0.388 e. The molecule has 1 aliphatic carbocycles. The summed E-state index contributed by atoms with van der Waals surface area (Å²) in [4.78, 5) is 2.52. The average molecular weight is 197 g/mol. The first-order valence-electron chi connectivity index (χ1n) is 6.23. The van der Waals surface area contributed by atoms with Crippen molar-refractivity contribution in [3.8, 4) is 0 Å². The van der Waals surface area contributed by atoms with Crippen LogP contribution in [-0.4, -0.2) is 34.7 Å². The fraction of sp³-hybridized carbons (Fsp3) is 1.00. The summed E-state index contributed by atoms with van der Waals surface area (Å²) in [5.74, 6) is 0. The second kappa shape index (κ2) is 4.19. The zero-order valence-corrected chi connectivity index (χ0v) is 9.34. The van der Waals surface area contributed by atoms with E-state index in [4.69, 9.17) is 0 Å². The minimum atomic E-state index is -0.348. The number of hydrogen-bond donors (Lipinski definition) is 1. The van der Waals surface area contributed by atoms with Gasteiger partial charge in [0.15, 0.2) is 0 Å². The molecule has 2 fully saturated rings. The van der Waals surface area contributed by atoms with Gasteiger partial charge < -0.3 is 5.11 Å². The third kappa shape index (κ3) is 1.82. The Kier molecular flexibility index (Phi) is 3.13. The molecule has 1 atom stereocenters. The van der Waals surface area contributed by atoms with E-state index in [2.05, 4.69) is 11.8 Å². The molecule has 0 bridgehead atoms. The third-order valence-corrected chi connectivity index (χ3v) is 4.06. The molecule has 0 aromatic rings. The molecule has 82 valence electrons. The quantitative estimate of drug-likeness (QED) is 0.749. The van der Waals surface area contributed by atoms with Crippen LogP contribution in [0.3, 0.4) is 0 Å². The number of likely N-dealkylation sites (tertiary alicyclic amines) is 1. The van der Waals surface area contributed by atoms with Gasteiger partial charge in [-0.2, -0.15) is 0 Å². The molecule has 1 N–H and O–H groups in total. The number of nitrogens with zero attached hydrogens (tertiary/aromatic N) is 1. The molecule has 14 heavy (non-hydrogen) atoms. The summed E-state index contributed by atoms with van der Waals surface area (Å²) < 4.78 is 0. The Balaban J connectivity index is 2.03. The van der Waals surface area contributed by atoms with Crippen LogP contribution in [0.1, 0.15) is 51.9 Å². The van der Waals surface area contributed by atoms with Gasteiger partial charge in [-0.15, -0.1) is 0 Å². The molecule has 0 aromatic heterocycles. The van der Waals surface area contributed by atoms with Crippen molar-refractivity contribution in [3.63, 3.8) is 0 Å². The lowest BCUT2D eigenvalue weighted by Crippen LogP contribution is -2.50. The van der Waals surface area contributed by atoms with Gasteiger partial charge in [0.2, 0.25) is 0 Å². The van der Waals surface area contributed by atoms with E-state index in [9.17, 15) is 5.11 Å². The first kappa shape index (κ1) is 10.4. The van der Waals surface area contributed by atoms with E-state index in [1.165, 1.54) is 38.8 Å². The van der Waals surface area contributed by atoms with Gasteiger partial charge in [-0.25, -0.2) is 0 Å². The summed E-state index contributed by atoms with van der Waals surface area (Å²) in [5.41, 5.74) is -0.348. The van der Waals surface area contributed by atoms with Crippen LogP contribution in [0.4, 0.5) is 0 Å². The van der Waals surface area contributed by atoms with Crippen LogP contribution in [0.5, 0.6) is 0 Å². The van der Waals surface area contributed by atoms with Gasteiger partial charge in [0, 0.05) is 6.04 Å². The van der Waals surface area contributed by atoms with E-state index in [1.54, 1.807) is 0 Å². The highest BCUT2D eigenvalue weighted by Crippen LogP contribution is 2.37. The fourth-order valence-electron chi connectivity index (χ4n) is 3.35. The molecule has 1 aliphatic heterocycles. The molecular formula is C12H23NO. The van der Waals surface area contributed by atoms with Crippen LogP contribution in [0, 0.1) is 0 Å². The molecule has 1 saturated heterocycles. The first-order valence-corrected chi connectivity index (χ1v) is 6.23. The fourth-order valence-corrected chi connectivity index (χ4v) is 3.35. The lowest BCUT2D eigenvalue weighted by molar-refractivity contribution is -0.0375. The Morgan fingerprint density at radius 2 is 1.71 bits per heavy atom. The first-order chi connectivity index (χ1) is 6.76. The number of rotatable bonds is 3. The van der Waals surface area contributed by atoms with Crippen molar-refractivity contribution in [1.29, 1.82) is 0 Å². The molecule has 2 heteroatoms. The third-order valence-electron chi connectivity index (χ3n) is 4.06. The second-order valence-electron chi connectivity index (χ2n) is 4.98. The summed E-state index contributed by atoms with van der Waals surface area (Å²) in [6.45, 7) is 4.64. The maximum Gasteiger partial charge on any atom is 0.0802 e. The Bertz CT molecular complexity index is 181. The minimum absolute atomic E-state index is 0.348. The summed E-state index contributed by atoms with van der Waals surface area (Å²) in [7, 11) is 0. The summed E-state index contributed by atoms with van der Waals surface area (Å²) >= 11 is 0. The van der Waals surface area contributed by atoms with Crippen molar-refractivity contribution < 1.29 is 5.11 Å². The van der Waals surface area contributed by atoms with Crippen LogP contribution in [-0.2, 0) is 0 Å². The Hall–Kier alpha value is -0.0800. The van der Waals surface area contributed by atoms with E-state index in [1.807, 2.05) is 0 Å². The lowest BCUT2D eigenvalue weighted by atomic mass is 9.89. The molecule has 1 heterocycles. The summed E-state index contributed by atoms with van der Waals surface area (Å²) in [6.07, 6.45) is 8.27. The Morgan fingerprint density at radius 3 is 2.21 bits per heavy atom.